The van der Waals surface area contributed by atoms with Gasteiger partial charge in [0.1, 0.15) is 17.4 Å². The van der Waals surface area contributed by atoms with Crippen molar-refractivity contribution < 1.29 is 41.4 Å². The SMILES string of the molecule is C=CCN(CC=C)C(=O)C(Cl)Cl.CC(C)OC(=O)c1cc(-c2nn(C)c(C(F)(F)F)c2Br)c(F)cc1Cl.CCc1cccc(C)c1N(C(=O)CCl)C(C)COC. The van der Waals surface area contributed by atoms with E-state index >= 15 is 0 Å². The number of carbonyl (C=O) groups is 3. The van der Waals surface area contributed by atoms with Gasteiger partial charge in [0.2, 0.25) is 5.91 Å². The van der Waals surface area contributed by atoms with Crippen molar-refractivity contribution in [2.75, 3.05) is 37.6 Å². The van der Waals surface area contributed by atoms with Crippen LogP contribution in [-0.4, -0.2) is 82.1 Å². The third-order valence-electron chi connectivity index (χ3n) is 7.50. The van der Waals surface area contributed by atoms with Gasteiger partial charge in [-0.15, -0.1) is 24.8 Å². The zero-order chi connectivity index (χ0) is 43.1. The van der Waals surface area contributed by atoms with Crippen molar-refractivity contribution in [3.8, 4) is 11.3 Å². The topological polar surface area (TPSA) is 94.0 Å². The standard InChI is InChI=1S/C15H12BrClF4N2O2.C15H22ClNO2.C8H11Cl2NO/c1-6(2)25-14(24)7-4-8(10(18)5-9(7)17)12-11(16)13(15(19,20)21)23(3)22-12;1-5-13-8-6-7-11(2)15(13)17(14(18)9-16)12(3)10-19-4;1-3-5-11(6-4-2)8(12)7(9)10/h4-6H,1-3H3;6-8,12H,5,9-10H2,1-4H3;3-4,7H,1-2,5-6H2. The molecule has 1 atom stereocenters. The number of methoxy groups -OCH3 is 1. The molecule has 56 heavy (non-hydrogen) atoms. The van der Waals surface area contributed by atoms with Crippen LogP contribution in [0, 0.1) is 12.7 Å². The Balaban J connectivity index is 0.000000449. The van der Waals surface area contributed by atoms with Gasteiger partial charge in [0.15, 0.2) is 10.5 Å². The van der Waals surface area contributed by atoms with Gasteiger partial charge in [-0.2, -0.15) is 18.3 Å². The molecule has 1 unspecified atom stereocenters. The number of rotatable bonds is 14. The lowest BCUT2D eigenvalue weighted by atomic mass is 10.0. The Bertz CT molecular complexity index is 1820. The van der Waals surface area contributed by atoms with Crippen LogP contribution in [0.2, 0.25) is 5.02 Å². The van der Waals surface area contributed by atoms with E-state index in [2.05, 4.69) is 47.2 Å². The molecule has 0 fully saturated rings. The molecular weight excluding hydrogens is 890 g/mol. The average Bonchev–Trinajstić information content (AvgIpc) is 3.42. The highest BCUT2D eigenvalue weighted by molar-refractivity contribution is 9.10. The summed E-state index contributed by atoms with van der Waals surface area (Å²) in [5.41, 5.74) is 1.35. The van der Waals surface area contributed by atoms with Crippen molar-refractivity contribution in [1.29, 1.82) is 0 Å². The molecule has 2 aromatic carbocycles. The molecule has 3 aromatic rings. The summed E-state index contributed by atoms with van der Waals surface area (Å²) in [5, 5.41) is 3.50. The van der Waals surface area contributed by atoms with Gasteiger partial charge >= 0.3 is 12.1 Å². The monoisotopic (exact) mass is 932 g/mol. The van der Waals surface area contributed by atoms with E-state index in [1.54, 1.807) is 38.0 Å². The fourth-order valence-electron chi connectivity index (χ4n) is 5.17. The van der Waals surface area contributed by atoms with Crippen molar-refractivity contribution in [2.45, 2.75) is 64.2 Å². The van der Waals surface area contributed by atoms with E-state index in [0.717, 1.165) is 42.4 Å². The number of hydrogen-bond acceptors (Lipinski definition) is 6. The summed E-state index contributed by atoms with van der Waals surface area (Å²) in [5.74, 6) is -2.16. The Morgan fingerprint density at radius 2 is 1.68 bits per heavy atom. The highest BCUT2D eigenvalue weighted by Gasteiger charge is 2.39. The number of esters is 1. The second-order valence-electron chi connectivity index (χ2n) is 12.2. The number of nitrogens with zero attached hydrogens (tertiary/aromatic N) is 4. The predicted octanol–water partition coefficient (Wildman–Crippen LogP) is 10.4. The number of halogens is 9. The van der Waals surface area contributed by atoms with Gasteiger partial charge in [-0.25, -0.2) is 9.18 Å². The molecule has 1 heterocycles. The molecule has 0 spiro atoms. The lowest BCUT2D eigenvalue weighted by molar-refractivity contribution is -0.144. The van der Waals surface area contributed by atoms with Gasteiger partial charge in [-0.1, -0.05) is 72.1 Å². The van der Waals surface area contributed by atoms with Gasteiger partial charge in [0.05, 0.1) is 39.5 Å². The van der Waals surface area contributed by atoms with Crippen molar-refractivity contribution >= 4 is 85.8 Å². The summed E-state index contributed by atoms with van der Waals surface area (Å²) < 4.78 is 63.8. The maximum Gasteiger partial charge on any atom is 0.434 e. The van der Waals surface area contributed by atoms with Gasteiger partial charge < -0.3 is 19.3 Å². The normalized spacial score (nSPS) is 11.5. The van der Waals surface area contributed by atoms with Crippen molar-refractivity contribution in [3.05, 3.63) is 93.3 Å². The van der Waals surface area contributed by atoms with Crippen LogP contribution >= 0.6 is 62.3 Å². The largest absolute Gasteiger partial charge is 0.459 e. The summed E-state index contributed by atoms with van der Waals surface area (Å²) in [7, 11) is 2.72. The Morgan fingerprint density at radius 3 is 2.12 bits per heavy atom. The lowest BCUT2D eigenvalue weighted by Crippen LogP contribution is -2.43. The molecule has 0 radical (unpaired) electrons. The molecule has 0 N–H and O–H groups in total. The first kappa shape index (κ1) is 50.9. The number of anilines is 1. The Hall–Kier alpha value is -3.14. The van der Waals surface area contributed by atoms with E-state index < -0.39 is 39.1 Å². The maximum absolute atomic E-state index is 14.3. The molecule has 0 aliphatic rings. The molecule has 310 valence electrons. The van der Waals surface area contributed by atoms with Crippen LogP contribution in [-0.2, 0) is 38.7 Å². The number of benzene rings is 2. The molecule has 2 amide bonds. The summed E-state index contributed by atoms with van der Waals surface area (Å²) in [6.07, 6.45) is -1.05. The zero-order valence-electron chi connectivity index (χ0n) is 32.0. The number of carbonyl (C=O) groups excluding carboxylic acids is 3. The van der Waals surface area contributed by atoms with Crippen LogP contribution in [0.25, 0.3) is 11.3 Å². The second-order valence-corrected chi connectivity index (χ2v) is 14.7. The Kier molecular flexibility index (Phi) is 21.7. The Labute approximate surface area is 353 Å². The van der Waals surface area contributed by atoms with Crippen molar-refractivity contribution in [2.24, 2.45) is 7.05 Å². The highest BCUT2D eigenvalue weighted by Crippen LogP contribution is 2.41. The molecule has 3 rings (SSSR count). The summed E-state index contributed by atoms with van der Waals surface area (Å²) in [6.45, 7) is 17.7. The van der Waals surface area contributed by atoms with E-state index in [1.807, 2.05) is 26.0 Å². The molecule has 0 saturated heterocycles. The third kappa shape index (κ3) is 14.4. The van der Waals surface area contributed by atoms with Crippen LogP contribution in [0.1, 0.15) is 54.9 Å². The Morgan fingerprint density at radius 1 is 1.09 bits per heavy atom. The average molecular weight is 936 g/mol. The summed E-state index contributed by atoms with van der Waals surface area (Å²) >= 11 is 25.2. The number of aryl methyl sites for hydroxylation is 3. The van der Waals surface area contributed by atoms with E-state index in [0.29, 0.717) is 24.4 Å². The van der Waals surface area contributed by atoms with E-state index in [1.165, 1.54) is 4.90 Å². The van der Waals surface area contributed by atoms with Crippen molar-refractivity contribution in [3.63, 3.8) is 0 Å². The number of alkyl halides is 6. The molecular formula is C38H45BrCl4F4N4O5. The van der Waals surface area contributed by atoms with E-state index in [-0.39, 0.29) is 45.6 Å². The molecule has 9 nitrogen and oxygen atoms in total. The molecule has 0 bridgehead atoms. The van der Waals surface area contributed by atoms with Crippen LogP contribution in [0.15, 0.2) is 60.1 Å². The molecule has 0 saturated carbocycles. The number of hydrogen-bond donors (Lipinski definition) is 0. The summed E-state index contributed by atoms with van der Waals surface area (Å²) in [6, 6.07) is 7.90. The molecule has 18 heteroatoms. The number of ether oxygens (including phenoxy) is 2. The minimum absolute atomic E-state index is 0.0223. The van der Waals surface area contributed by atoms with Crippen LogP contribution < -0.4 is 4.90 Å². The minimum Gasteiger partial charge on any atom is -0.459 e. The minimum atomic E-state index is -4.69. The summed E-state index contributed by atoms with van der Waals surface area (Å²) in [4.78, 5) is 37.6. The number of para-hydroxylation sites is 1. The van der Waals surface area contributed by atoms with Gasteiger partial charge in [0, 0.05) is 32.8 Å². The van der Waals surface area contributed by atoms with Gasteiger partial charge in [0.25, 0.3) is 5.91 Å². The lowest BCUT2D eigenvalue weighted by Gasteiger charge is -2.31. The fourth-order valence-corrected chi connectivity index (χ4v) is 6.57. The molecule has 1 aromatic heterocycles. The van der Waals surface area contributed by atoms with Crippen LogP contribution in [0.3, 0.4) is 0 Å². The van der Waals surface area contributed by atoms with E-state index in [9.17, 15) is 31.9 Å². The van der Waals surface area contributed by atoms with Gasteiger partial charge in [-0.3, -0.25) is 14.3 Å². The quantitative estimate of drug-likeness (QED) is 0.0692. The van der Waals surface area contributed by atoms with Crippen LogP contribution in [0.5, 0.6) is 0 Å². The predicted molar refractivity (Wildman–Crippen MR) is 219 cm³/mol. The second kappa shape index (κ2) is 23.9. The smallest absolute Gasteiger partial charge is 0.434 e. The highest BCUT2D eigenvalue weighted by atomic mass is 79.9. The first-order valence-corrected chi connectivity index (χ1v) is 19.4. The van der Waals surface area contributed by atoms with E-state index in [4.69, 9.17) is 55.9 Å². The first-order chi connectivity index (χ1) is 26.1. The first-order valence-electron chi connectivity index (χ1n) is 16.9. The van der Waals surface area contributed by atoms with Crippen molar-refractivity contribution in [1.82, 2.24) is 14.7 Å². The number of aromatic nitrogens is 2. The molecule has 0 aliphatic carbocycles. The maximum atomic E-state index is 14.3. The van der Waals surface area contributed by atoms with Crippen LogP contribution in [0.4, 0.5) is 23.2 Å². The third-order valence-corrected chi connectivity index (χ3v) is 9.17. The number of amides is 2. The molecule has 0 aliphatic heterocycles. The fraction of sp³-hybridized carbons (Fsp3) is 0.421. The van der Waals surface area contributed by atoms with Gasteiger partial charge in [-0.05, 0) is 73.3 Å². The zero-order valence-corrected chi connectivity index (χ0v) is 36.6.